The number of nitrogens with zero attached hydrogens (tertiary/aromatic N) is 1. The van der Waals surface area contributed by atoms with Gasteiger partial charge in [-0.2, -0.15) is 0 Å². The fourth-order valence-electron chi connectivity index (χ4n) is 2.49. The Morgan fingerprint density at radius 3 is 2.62 bits per heavy atom. The number of carboxylic acids is 2. The smallest absolute Gasteiger partial charge is 0.308 e. The van der Waals surface area contributed by atoms with E-state index < -0.39 is 23.9 Å². The molecule has 0 aromatic heterocycles. The summed E-state index contributed by atoms with van der Waals surface area (Å²) in [6.45, 7) is 0.0125. The van der Waals surface area contributed by atoms with E-state index in [0.717, 1.165) is 0 Å². The molecule has 7 heteroatoms. The van der Waals surface area contributed by atoms with Crippen molar-refractivity contribution in [1.82, 2.24) is 4.90 Å². The van der Waals surface area contributed by atoms with E-state index in [-0.39, 0.29) is 25.3 Å². The number of halogens is 1. The van der Waals surface area contributed by atoms with Gasteiger partial charge in [0.25, 0.3) is 0 Å². The van der Waals surface area contributed by atoms with Crippen LogP contribution >= 0.6 is 11.6 Å². The number of carboxylic acid groups (broad SMARTS) is 2. The second kappa shape index (κ2) is 6.13. The average molecular weight is 312 g/mol. The van der Waals surface area contributed by atoms with Gasteiger partial charge in [0.15, 0.2) is 0 Å². The SMILES string of the molecule is O=C(O)CC(c1cccc(Cl)c1)N1CC(C(=O)O)CC1=O. The van der Waals surface area contributed by atoms with E-state index in [1.165, 1.54) is 4.90 Å². The van der Waals surface area contributed by atoms with Gasteiger partial charge in [-0.05, 0) is 17.7 Å². The highest BCUT2D eigenvalue weighted by atomic mass is 35.5. The van der Waals surface area contributed by atoms with Crippen molar-refractivity contribution in [1.29, 1.82) is 0 Å². The summed E-state index contributed by atoms with van der Waals surface area (Å²) in [5.74, 6) is -3.26. The van der Waals surface area contributed by atoms with Gasteiger partial charge >= 0.3 is 11.9 Å². The van der Waals surface area contributed by atoms with Gasteiger partial charge in [-0.15, -0.1) is 0 Å². The predicted octanol–water partition coefficient (Wildman–Crippen LogP) is 1.79. The van der Waals surface area contributed by atoms with Crippen molar-refractivity contribution < 1.29 is 24.6 Å². The number of hydrogen-bond acceptors (Lipinski definition) is 3. The molecule has 1 amide bonds. The van der Waals surface area contributed by atoms with Gasteiger partial charge in [-0.25, -0.2) is 0 Å². The number of carbonyl (C=O) groups excluding carboxylic acids is 1. The second-order valence-electron chi connectivity index (χ2n) is 4.95. The van der Waals surface area contributed by atoms with E-state index in [0.29, 0.717) is 10.6 Å². The fraction of sp³-hybridized carbons (Fsp3) is 0.357. The second-order valence-corrected chi connectivity index (χ2v) is 5.39. The molecule has 2 unspecified atom stereocenters. The quantitative estimate of drug-likeness (QED) is 0.864. The van der Waals surface area contributed by atoms with Gasteiger partial charge in [-0.3, -0.25) is 14.4 Å². The van der Waals surface area contributed by atoms with E-state index in [1.807, 2.05) is 0 Å². The molecule has 2 N–H and O–H groups in total. The molecule has 0 spiro atoms. The van der Waals surface area contributed by atoms with Crippen LogP contribution in [0.3, 0.4) is 0 Å². The van der Waals surface area contributed by atoms with Crippen LogP contribution in [0.2, 0.25) is 5.02 Å². The summed E-state index contributed by atoms with van der Waals surface area (Å²) >= 11 is 5.90. The molecule has 1 aliphatic rings. The summed E-state index contributed by atoms with van der Waals surface area (Å²) in [7, 11) is 0. The normalized spacial score (nSPS) is 19.6. The van der Waals surface area contributed by atoms with Gasteiger partial charge in [0.2, 0.25) is 5.91 Å². The zero-order valence-electron chi connectivity index (χ0n) is 11.0. The number of carbonyl (C=O) groups is 3. The first-order valence-corrected chi connectivity index (χ1v) is 6.76. The first-order chi connectivity index (χ1) is 9.88. The van der Waals surface area contributed by atoms with E-state index >= 15 is 0 Å². The van der Waals surface area contributed by atoms with Gasteiger partial charge < -0.3 is 15.1 Å². The highest BCUT2D eigenvalue weighted by Crippen LogP contribution is 2.32. The molecule has 1 heterocycles. The Morgan fingerprint density at radius 1 is 1.38 bits per heavy atom. The topological polar surface area (TPSA) is 94.9 Å². The van der Waals surface area contributed by atoms with Crippen molar-refractivity contribution in [2.24, 2.45) is 5.92 Å². The standard InChI is InChI=1S/C14H14ClNO5/c15-10-3-1-2-8(4-10)11(6-13(18)19)16-7-9(14(20)21)5-12(16)17/h1-4,9,11H,5-7H2,(H,18,19)(H,20,21). The summed E-state index contributed by atoms with van der Waals surface area (Å²) < 4.78 is 0. The van der Waals surface area contributed by atoms with Crippen LogP contribution in [-0.4, -0.2) is 39.5 Å². The number of aliphatic carboxylic acids is 2. The van der Waals surface area contributed by atoms with Crippen LogP contribution in [0.5, 0.6) is 0 Å². The highest BCUT2D eigenvalue weighted by Gasteiger charge is 2.39. The molecule has 1 aromatic carbocycles. The third-order valence-electron chi connectivity index (χ3n) is 3.49. The lowest BCUT2D eigenvalue weighted by atomic mass is 10.0. The first-order valence-electron chi connectivity index (χ1n) is 6.38. The van der Waals surface area contributed by atoms with Crippen LogP contribution in [-0.2, 0) is 14.4 Å². The lowest BCUT2D eigenvalue weighted by Crippen LogP contribution is -2.32. The van der Waals surface area contributed by atoms with Crippen molar-refractivity contribution in [2.45, 2.75) is 18.9 Å². The maximum absolute atomic E-state index is 12.0. The Balaban J connectivity index is 2.30. The molecule has 2 rings (SSSR count). The number of rotatable bonds is 5. The molecule has 1 fully saturated rings. The molecule has 2 atom stereocenters. The summed E-state index contributed by atoms with van der Waals surface area (Å²) in [6.07, 6.45) is -0.398. The van der Waals surface area contributed by atoms with E-state index in [9.17, 15) is 14.4 Å². The van der Waals surface area contributed by atoms with Gasteiger partial charge in [0.1, 0.15) is 0 Å². The van der Waals surface area contributed by atoms with Crippen molar-refractivity contribution >= 4 is 29.4 Å². The minimum Gasteiger partial charge on any atom is -0.481 e. The largest absolute Gasteiger partial charge is 0.481 e. The Labute approximate surface area is 125 Å². The summed E-state index contributed by atoms with van der Waals surface area (Å²) in [5.41, 5.74) is 0.587. The van der Waals surface area contributed by atoms with E-state index in [4.69, 9.17) is 21.8 Å². The van der Waals surface area contributed by atoms with Crippen molar-refractivity contribution in [3.05, 3.63) is 34.9 Å². The Kier molecular flexibility index (Phi) is 4.47. The third kappa shape index (κ3) is 3.52. The molecule has 6 nitrogen and oxygen atoms in total. The molecule has 0 bridgehead atoms. The minimum absolute atomic E-state index is 0.0125. The first kappa shape index (κ1) is 15.3. The molecule has 112 valence electrons. The number of amides is 1. The molecule has 21 heavy (non-hydrogen) atoms. The van der Waals surface area contributed by atoms with Crippen molar-refractivity contribution in [3.8, 4) is 0 Å². The van der Waals surface area contributed by atoms with Gasteiger partial charge in [-0.1, -0.05) is 23.7 Å². The summed E-state index contributed by atoms with van der Waals surface area (Å²) in [6, 6.07) is 5.88. The number of benzene rings is 1. The lowest BCUT2D eigenvalue weighted by Gasteiger charge is -2.27. The Hall–Kier alpha value is -2.08. The van der Waals surface area contributed by atoms with Crippen LogP contribution in [0.1, 0.15) is 24.4 Å². The van der Waals surface area contributed by atoms with Crippen molar-refractivity contribution in [2.75, 3.05) is 6.54 Å². The zero-order valence-corrected chi connectivity index (χ0v) is 11.8. The van der Waals surface area contributed by atoms with Gasteiger partial charge in [0, 0.05) is 18.0 Å². The van der Waals surface area contributed by atoms with Crippen LogP contribution < -0.4 is 0 Å². The third-order valence-corrected chi connectivity index (χ3v) is 3.72. The fourth-order valence-corrected chi connectivity index (χ4v) is 2.68. The van der Waals surface area contributed by atoms with E-state index in [1.54, 1.807) is 24.3 Å². The van der Waals surface area contributed by atoms with Crippen LogP contribution in [0.25, 0.3) is 0 Å². The van der Waals surface area contributed by atoms with E-state index in [2.05, 4.69) is 0 Å². The van der Waals surface area contributed by atoms with Gasteiger partial charge in [0.05, 0.1) is 18.4 Å². The zero-order chi connectivity index (χ0) is 15.6. The summed E-state index contributed by atoms with van der Waals surface area (Å²) in [4.78, 5) is 35.4. The Morgan fingerprint density at radius 2 is 2.10 bits per heavy atom. The molecule has 1 saturated heterocycles. The van der Waals surface area contributed by atoms with Crippen LogP contribution in [0, 0.1) is 5.92 Å². The predicted molar refractivity (Wildman–Crippen MR) is 73.9 cm³/mol. The van der Waals surface area contributed by atoms with Crippen LogP contribution in [0.15, 0.2) is 24.3 Å². The van der Waals surface area contributed by atoms with Crippen LogP contribution in [0.4, 0.5) is 0 Å². The maximum atomic E-state index is 12.0. The number of likely N-dealkylation sites (tertiary alicyclic amines) is 1. The molecular weight excluding hydrogens is 298 g/mol. The van der Waals surface area contributed by atoms with Crippen molar-refractivity contribution in [3.63, 3.8) is 0 Å². The molecular formula is C14H14ClNO5. The Bertz CT molecular complexity index is 588. The minimum atomic E-state index is -1.06. The number of hydrogen-bond donors (Lipinski definition) is 2. The lowest BCUT2D eigenvalue weighted by molar-refractivity contribution is -0.141. The molecule has 1 aromatic rings. The monoisotopic (exact) mass is 311 g/mol. The molecule has 0 aliphatic carbocycles. The average Bonchev–Trinajstić information content (AvgIpc) is 2.78. The summed E-state index contributed by atoms with van der Waals surface area (Å²) in [5, 5.41) is 18.5. The molecule has 0 saturated carbocycles. The molecule has 0 radical (unpaired) electrons. The molecule has 1 aliphatic heterocycles. The maximum Gasteiger partial charge on any atom is 0.308 e. The highest BCUT2D eigenvalue weighted by molar-refractivity contribution is 6.30.